The zero-order chi connectivity index (χ0) is 26.9. The van der Waals surface area contributed by atoms with E-state index in [2.05, 4.69) is 10.3 Å². The Hall–Kier alpha value is -3.81. The number of nitrogens with one attached hydrogen (secondary N) is 1. The van der Waals surface area contributed by atoms with Crippen LogP contribution in [0.2, 0.25) is 0 Å². The van der Waals surface area contributed by atoms with Crippen LogP contribution in [0.15, 0.2) is 65.7 Å². The van der Waals surface area contributed by atoms with Gasteiger partial charge in [0.1, 0.15) is 5.82 Å². The molecule has 2 aliphatic rings. The molecule has 8 heteroatoms. The maximum atomic E-state index is 15.0. The first-order valence-electron chi connectivity index (χ1n) is 12.6. The Labute approximate surface area is 216 Å². The normalized spacial score (nSPS) is 21.7. The maximum absolute atomic E-state index is 15.0. The summed E-state index contributed by atoms with van der Waals surface area (Å²) in [6.07, 6.45) is 2.94. The van der Waals surface area contributed by atoms with E-state index in [1.165, 1.54) is 6.07 Å². The van der Waals surface area contributed by atoms with Crippen LogP contribution in [0.1, 0.15) is 51.7 Å². The highest BCUT2D eigenvalue weighted by Gasteiger charge is 2.49. The largest absolute Gasteiger partial charge is 0.369 e. The molecule has 0 saturated carbocycles. The Morgan fingerprint density at radius 1 is 1.11 bits per heavy atom. The van der Waals surface area contributed by atoms with Crippen molar-refractivity contribution >= 4 is 29.1 Å². The first-order chi connectivity index (χ1) is 17.6. The molecule has 1 aliphatic heterocycles. The van der Waals surface area contributed by atoms with Crippen molar-refractivity contribution in [3.63, 3.8) is 0 Å². The quantitative estimate of drug-likeness (QED) is 0.532. The molecule has 2 aromatic carbocycles. The van der Waals surface area contributed by atoms with Crippen LogP contribution < -0.4 is 16.0 Å². The summed E-state index contributed by atoms with van der Waals surface area (Å²) in [7, 11) is 0. The third kappa shape index (κ3) is 4.80. The van der Waals surface area contributed by atoms with Crippen LogP contribution in [0, 0.1) is 23.1 Å². The molecule has 37 heavy (non-hydrogen) atoms. The summed E-state index contributed by atoms with van der Waals surface area (Å²) < 4.78 is 15.0. The second-order valence-corrected chi connectivity index (χ2v) is 10.4. The number of nitrogens with two attached hydrogens (primary N) is 1. The third-order valence-electron chi connectivity index (χ3n) is 7.05. The molecule has 1 heterocycles. The first kappa shape index (κ1) is 26.3. The maximum Gasteiger partial charge on any atom is 0.272 e. The molecule has 3 amide bonds. The number of halogens is 1. The highest BCUT2D eigenvalue weighted by atomic mass is 19.1. The molecule has 0 fully saturated rings. The smallest absolute Gasteiger partial charge is 0.272 e. The number of primary amides is 1. The van der Waals surface area contributed by atoms with E-state index in [1.807, 2.05) is 33.8 Å². The average Bonchev–Trinajstić information content (AvgIpc) is 2.92. The molecule has 3 atom stereocenters. The average molecular weight is 505 g/mol. The number of benzene rings is 2. The minimum absolute atomic E-state index is 0.0969. The molecule has 3 N–H and O–H groups in total. The second kappa shape index (κ2) is 10.3. The number of benzodiazepines with no additional fused rings is 1. The summed E-state index contributed by atoms with van der Waals surface area (Å²) in [6, 6.07) is 13.1. The van der Waals surface area contributed by atoms with Gasteiger partial charge in [0.05, 0.1) is 22.7 Å². The summed E-state index contributed by atoms with van der Waals surface area (Å²) in [4.78, 5) is 46.3. The minimum Gasteiger partial charge on any atom is -0.369 e. The van der Waals surface area contributed by atoms with E-state index in [4.69, 9.17) is 5.73 Å². The number of carbonyl (C=O) groups excluding carboxylic acids is 3. The summed E-state index contributed by atoms with van der Waals surface area (Å²) in [6.45, 7) is 7.65. The van der Waals surface area contributed by atoms with Gasteiger partial charge in [-0.05, 0) is 50.8 Å². The lowest BCUT2D eigenvalue weighted by Crippen LogP contribution is -2.55. The van der Waals surface area contributed by atoms with Gasteiger partial charge in [0.15, 0.2) is 0 Å². The molecule has 1 aliphatic carbocycles. The lowest BCUT2D eigenvalue weighted by atomic mass is 9.63. The van der Waals surface area contributed by atoms with Crippen molar-refractivity contribution in [1.82, 2.24) is 5.32 Å². The Balaban J connectivity index is 1.82. The van der Waals surface area contributed by atoms with Crippen molar-refractivity contribution in [3.8, 4) is 0 Å². The number of amides is 3. The predicted octanol–water partition coefficient (Wildman–Crippen LogP) is 3.95. The predicted molar refractivity (Wildman–Crippen MR) is 141 cm³/mol. The lowest BCUT2D eigenvalue weighted by Gasteiger charge is -2.40. The Morgan fingerprint density at radius 3 is 2.27 bits per heavy atom. The van der Waals surface area contributed by atoms with Crippen LogP contribution in [0.3, 0.4) is 0 Å². The molecule has 194 valence electrons. The SMILES string of the molecule is CC(C)C[C@@H](C(=O)N[C@@H]1N=C(c2ccccc2F)c2ccccc2N(C(C)C)C1=O)[C@@]1(C(N)=O)C=CC1. The van der Waals surface area contributed by atoms with Gasteiger partial charge in [-0.2, -0.15) is 0 Å². The zero-order valence-electron chi connectivity index (χ0n) is 21.6. The van der Waals surface area contributed by atoms with Crippen molar-refractivity contribution in [2.75, 3.05) is 4.90 Å². The fourth-order valence-electron chi connectivity index (χ4n) is 5.13. The van der Waals surface area contributed by atoms with Gasteiger partial charge in [-0.15, -0.1) is 0 Å². The van der Waals surface area contributed by atoms with Gasteiger partial charge in [-0.1, -0.05) is 56.3 Å². The van der Waals surface area contributed by atoms with Gasteiger partial charge in [-0.25, -0.2) is 9.38 Å². The van der Waals surface area contributed by atoms with Gasteiger partial charge >= 0.3 is 0 Å². The van der Waals surface area contributed by atoms with Crippen LogP contribution >= 0.6 is 0 Å². The number of anilines is 1. The number of para-hydroxylation sites is 1. The molecule has 2 aromatic rings. The van der Waals surface area contributed by atoms with Crippen LogP contribution in [-0.2, 0) is 14.4 Å². The Morgan fingerprint density at radius 2 is 1.73 bits per heavy atom. The molecule has 7 nitrogen and oxygen atoms in total. The number of rotatable bonds is 8. The fraction of sp³-hybridized carbons (Fsp3) is 0.379. The van der Waals surface area contributed by atoms with Crippen LogP contribution in [0.25, 0.3) is 0 Å². The van der Waals surface area contributed by atoms with Crippen molar-refractivity contribution in [2.24, 2.45) is 28.0 Å². The number of nitrogens with zero attached hydrogens (tertiary/aromatic N) is 2. The van der Waals surface area contributed by atoms with E-state index in [9.17, 15) is 18.8 Å². The molecule has 0 bridgehead atoms. The van der Waals surface area contributed by atoms with E-state index >= 15 is 0 Å². The lowest BCUT2D eigenvalue weighted by molar-refractivity contribution is -0.140. The molecule has 0 aromatic heterocycles. The topological polar surface area (TPSA) is 105 Å². The highest BCUT2D eigenvalue weighted by molar-refractivity contribution is 6.20. The molecular formula is C29H33FN4O3. The minimum atomic E-state index is -1.32. The van der Waals surface area contributed by atoms with Crippen molar-refractivity contribution in [2.45, 2.75) is 52.7 Å². The number of aliphatic imine (C=N–C) groups is 1. The molecule has 4 rings (SSSR count). The molecular weight excluding hydrogens is 471 g/mol. The van der Waals surface area contributed by atoms with Gasteiger partial charge in [-0.3, -0.25) is 14.4 Å². The zero-order valence-corrected chi connectivity index (χ0v) is 21.6. The van der Waals surface area contributed by atoms with Crippen molar-refractivity contribution < 1.29 is 18.8 Å². The summed E-state index contributed by atoms with van der Waals surface area (Å²) in [5, 5.41) is 2.80. The molecule has 0 radical (unpaired) electrons. The van der Waals surface area contributed by atoms with Crippen molar-refractivity contribution in [3.05, 3.63) is 77.6 Å². The standard InChI is InChI=1S/C29H33FN4O3/c1-17(2)16-21(29(28(31)37)14-9-15-29)26(35)33-25-27(36)34(18(3)4)23-13-8-6-11-20(23)24(32-25)19-10-5-7-12-22(19)30/h5-14,17-18,21,25H,15-16H2,1-4H3,(H2,31,37)(H,33,35)/t21-,25-,29+/m0/s1. The first-order valence-corrected chi connectivity index (χ1v) is 12.6. The summed E-state index contributed by atoms with van der Waals surface area (Å²) >= 11 is 0. The molecule has 0 saturated heterocycles. The van der Waals surface area contributed by atoms with Crippen LogP contribution in [-0.4, -0.2) is 35.6 Å². The van der Waals surface area contributed by atoms with E-state index in [-0.39, 0.29) is 23.2 Å². The van der Waals surface area contributed by atoms with E-state index < -0.39 is 41.0 Å². The summed E-state index contributed by atoms with van der Waals surface area (Å²) in [5.41, 5.74) is 6.30. The number of fused-ring (bicyclic) bond motifs is 1. The number of hydrogen-bond acceptors (Lipinski definition) is 4. The van der Waals surface area contributed by atoms with Gasteiger partial charge in [0, 0.05) is 17.2 Å². The van der Waals surface area contributed by atoms with Gasteiger partial charge in [0.25, 0.3) is 5.91 Å². The van der Waals surface area contributed by atoms with E-state index in [1.54, 1.807) is 53.4 Å². The number of allylic oxidation sites excluding steroid dienone is 1. The fourth-order valence-corrected chi connectivity index (χ4v) is 5.13. The molecule has 0 spiro atoms. The number of hydrogen-bond donors (Lipinski definition) is 2. The van der Waals surface area contributed by atoms with Crippen LogP contribution in [0.5, 0.6) is 0 Å². The van der Waals surface area contributed by atoms with E-state index in [0.717, 1.165) is 0 Å². The van der Waals surface area contributed by atoms with Crippen molar-refractivity contribution in [1.29, 1.82) is 0 Å². The Bertz CT molecular complexity index is 1290. The van der Waals surface area contributed by atoms with Gasteiger partial charge < -0.3 is 16.0 Å². The third-order valence-corrected chi connectivity index (χ3v) is 7.05. The number of carbonyl (C=O) groups is 3. The van der Waals surface area contributed by atoms with E-state index in [0.29, 0.717) is 24.1 Å². The second-order valence-electron chi connectivity index (χ2n) is 10.4. The highest BCUT2D eigenvalue weighted by Crippen LogP contribution is 2.44. The van der Waals surface area contributed by atoms with Gasteiger partial charge in [0.2, 0.25) is 18.0 Å². The summed E-state index contributed by atoms with van der Waals surface area (Å²) in [5.74, 6) is -2.66. The monoisotopic (exact) mass is 504 g/mol. The Kier molecular flexibility index (Phi) is 7.30. The molecule has 0 unspecified atom stereocenters. The van der Waals surface area contributed by atoms with Crippen LogP contribution in [0.4, 0.5) is 10.1 Å².